The van der Waals surface area contributed by atoms with Crippen LogP contribution in [-0.2, 0) is 11.3 Å². The highest BCUT2D eigenvalue weighted by molar-refractivity contribution is 5.77. The van der Waals surface area contributed by atoms with Crippen LogP contribution in [-0.4, -0.2) is 51.6 Å². The van der Waals surface area contributed by atoms with Gasteiger partial charge >= 0.3 is 0 Å². The summed E-state index contributed by atoms with van der Waals surface area (Å²) in [5.41, 5.74) is 1.06. The number of rotatable bonds is 8. The first-order valence-electron chi connectivity index (χ1n) is 6.39. The van der Waals surface area contributed by atoms with Crippen molar-refractivity contribution in [2.24, 2.45) is 0 Å². The van der Waals surface area contributed by atoms with Gasteiger partial charge < -0.3 is 20.3 Å². The summed E-state index contributed by atoms with van der Waals surface area (Å²) in [5.74, 6) is 0.848. The maximum atomic E-state index is 11.3. The Hall–Kier alpha value is -1.59. The zero-order chi connectivity index (χ0) is 14.1. The standard InChI is InChI=1S/C14H23N3O2/c1-15-11-14(18)16-10-12-4-6-13(7-5-12)19-9-8-17(2)3/h4-7,15H,8-11H2,1-3H3,(H,16,18). The Morgan fingerprint density at radius 2 is 1.95 bits per heavy atom. The van der Waals surface area contributed by atoms with Crippen molar-refractivity contribution in [2.45, 2.75) is 6.54 Å². The van der Waals surface area contributed by atoms with Gasteiger partial charge in [0.05, 0.1) is 6.54 Å². The lowest BCUT2D eigenvalue weighted by atomic mass is 10.2. The average Bonchev–Trinajstić information content (AvgIpc) is 2.38. The molecule has 0 saturated heterocycles. The van der Waals surface area contributed by atoms with Gasteiger partial charge in [-0.3, -0.25) is 4.79 Å². The zero-order valence-corrected chi connectivity index (χ0v) is 11.9. The van der Waals surface area contributed by atoms with E-state index in [1.807, 2.05) is 38.4 Å². The number of likely N-dealkylation sites (N-methyl/N-ethyl adjacent to an activating group) is 2. The number of nitrogens with one attached hydrogen (secondary N) is 2. The van der Waals surface area contributed by atoms with Gasteiger partial charge in [0, 0.05) is 13.1 Å². The van der Waals surface area contributed by atoms with Gasteiger partial charge in [-0.15, -0.1) is 0 Å². The van der Waals surface area contributed by atoms with E-state index in [4.69, 9.17) is 4.74 Å². The summed E-state index contributed by atoms with van der Waals surface area (Å²) < 4.78 is 5.60. The summed E-state index contributed by atoms with van der Waals surface area (Å²) in [7, 11) is 5.78. The van der Waals surface area contributed by atoms with Crippen LogP contribution in [0.3, 0.4) is 0 Å². The molecular formula is C14H23N3O2. The number of benzene rings is 1. The number of carbonyl (C=O) groups excluding carboxylic acids is 1. The molecule has 0 aliphatic carbocycles. The van der Waals surface area contributed by atoms with Crippen molar-refractivity contribution in [1.82, 2.24) is 15.5 Å². The summed E-state index contributed by atoms with van der Waals surface area (Å²) in [6.45, 7) is 2.44. The van der Waals surface area contributed by atoms with E-state index in [0.717, 1.165) is 17.9 Å². The smallest absolute Gasteiger partial charge is 0.234 e. The van der Waals surface area contributed by atoms with Crippen LogP contribution in [0, 0.1) is 0 Å². The molecule has 0 aliphatic heterocycles. The highest BCUT2D eigenvalue weighted by Crippen LogP contribution is 2.11. The van der Waals surface area contributed by atoms with Crippen molar-refractivity contribution in [3.8, 4) is 5.75 Å². The predicted molar refractivity (Wildman–Crippen MR) is 76.3 cm³/mol. The van der Waals surface area contributed by atoms with Crippen LogP contribution in [0.1, 0.15) is 5.56 Å². The highest BCUT2D eigenvalue weighted by Gasteiger charge is 2.00. The fraction of sp³-hybridized carbons (Fsp3) is 0.500. The second-order valence-corrected chi connectivity index (χ2v) is 4.60. The molecule has 1 aromatic carbocycles. The van der Waals surface area contributed by atoms with Crippen molar-refractivity contribution < 1.29 is 9.53 Å². The highest BCUT2D eigenvalue weighted by atomic mass is 16.5. The number of amides is 1. The van der Waals surface area contributed by atoms with Crippen LogP contribution < -0.4 is 15.4 Å². The molecule has 0 saturated carbocycles. The number of ether oxygens (including phenoxy) is 1. The van der Waals surface area contributed by atoms with Crippen LogP contribution in [0.4, 0.5) is 0 Å². The quantitative estimate of drug-likeness (QED) is 0.717. The second kappa shape index (κ2) is 8.50. The minimum Gasteiger partial charge on any atom is -0.492 e. The van der Waals surface area contributed by atoms with E-state index < -0.39 is 0 Å². The average molecular weight is 265 g/mol. The summed E-state index contributed by atoms with van der Waals surface area (Å²) in [6, 6.07) is 7.78. The van der Waals surface area contributed by atoms with Crippen molar-refractivity contribution in [2.75, 3.05) is 40.8 Å². The number of carbonyl (C=O) groups is 1. The fourth-order valence-electron chi connectivity index (χ4n) is 1.47. The lowest BCUT2D eigenvalue weighted by Gasteiger charge is -2.11. The molecule has 19 heavy (non-hydrogen) atoms. The molecule has 0 bridgehead atoms. The Bertz CT molecular complexity index is 377. The third kappa shape index (κ3) is 6.79. The fourth-order valence-corrected chi connectivity index (χ4v) is 1.47. The Labute approximate surface area is 114 Å². The van der Waals surface area contributed by atoms with E-state index in [2.05, 4.69) is 15.5 Å². The Balaban J connectivity index is 2.33. The van der Waals surface area contributed by atoms with E-state index in [1.54, 1.807) is 7.05 Å². The molecule has 5 nitrogen and oxygen atoms in total. The molecule has 0 aromatic heterocycles. The molecule has 0 atom stereocenters. The van der Waals surface area contributed by atoms with E-state index in [9.17, 15) is 4.79 Å². The van der Waals surface area contributed by atoms with Gasteiger partial charge in [0.25, 0.3) is 0 Å². The van der Waals surface area contributed by atoms with Crippen molar-refractivity contribution in [3.05, 3.63) is 29.8 Å². The topological polar surface area (TPSA) is 53.6 Å². The van der Waals surface area contributed by atoms with E-state index >= 15 is 0 Å². The van der Waals surface area contributed by atoms with Gasteiger partial charge in [-0.05, 0) is 38.8 Å². The zero-order valence-electron chi connectivity index (χ0n) is 11.9. The summed E-state index contributed by atoms with van der Waals surface area (Å²) >= 11 is 0. The molecule has 2 N–H and O–H groups in total. The van der Waals surface area contributed by atoms with Gasteiger partial charge in [-0.25, -0.2) is 0 Å². The lowest BCUT2D eigenvalue weighted by Crippen LogP contribution is -2.31. The van der Waals surface area contributed by atoms with Crippen LogP contribution >= 0.6 is 0 Å². The molecule has 0 fully saturated rings. The molecule has 0 spiro atoms. The second-order valence-electron chi connectivity index (χ2n) is 4.60. The number of hydrogen-bond donors (Lipinski definition) is 2. The minimum absolute atomic E-state index is 0.00573. The lowest BCUT2D eigenvalue weighted by molar-refractivity contribution is -0.120. The third-order valence-corrected chi connectivity index (χ3v) is 2.56. The number of hydrogen-bond acceptors (Lipinski definition) is 4. The Morgan fingerprint density at radius 1 is 1.26 bits per heavy atom. The van der Waals surface area contributed by atoms with E-state index in [0.29, 0.717) is 19.7 Å². The van der Waals surface area contributed by atoms with Crippen LogP contribution in [0.5, 0.6) is 5.75 Å². The number of nitrogens with zero attached hydrogens (tertiary/aromatic N) is 1. The molecule has 5 heteroatoms. The maximum absolute atomic E-state index is 11.3. The first-order valence-corrected chi connectivity index (χ1v) is 6.39. The molecule has 0 unspecified atom stereocenters. The molecule has 1 aromatic rings. The first-order chi connectivity index (χ1) is 9.11. The first kappa shape index (κ1) is 15.5. The monoisotopic (exact) mass is 265 g/mol. The molecule has 0 aliphatic rings. The van der Waals surface area contributed by atoms with Gasteiger partial charge in [0.15, 0.2) is 0 Å². The van der Waals surface area contributed by atoms with Gasteiger partial charge in [0.2, 0.25) is 5.91 Å². The van der Waals surface area contributed by atoms with Gasteiger partial charge in [0.1, 0.15) is 12.4 Å². The van der Waals surface area contributed by atoms with Crippen LogP contribution in [0.25, 0.3) is 0 Å². The van der Waals surface area contributed by atoms with Crippen LogP contribution in [0.2, 0.25) is 0 Å². The van der Waals surface area contributed by atoms with Crippen molar-refractivity contribution in [3.63, 3.8) is 0 Å². The summed E-state index contributed by atoms with van der Waals surface area (Å²) in [6.07, 6.45) is 0. The molecule has 106 valence electrons. The predicted octanol–water partition coefficient (Wildman–Crippen LogP) is 0.463. The van der Waals surface area contributed by atoms with E-state index in [-0.39, 0.29) is 5.91 Å². The molecule has 1 amide bonds. The minimum atomic E-state index is -0.00573. The molecule has 0 radical (unpaired) electrons. The van der Waals surface area contributed by atoms with E-state index in [1.165, 1.54) is 0 Å². The summed E-state index contributed by atoms with van der Waals surface area (Å²) in [4.78, 5) is 13.4. The normalized spacial score (nSPS) is 10.5. The summed E-state index contributed by atoms with van der Waals surface area (Å²) in [5, 5.41) is 5.64. The molecule has 1 rings (SSSR count). The van der Waals surface area contributed by atoms with Crippen molar-refractivity contribution >= 4 is 5.91 Å². The maximum Gasteiger partial charge on any atom is 0.234 e. The van der Waals surface area contributed by atoms with Crippen molar-refractivity contribution in [1.29, 1.82) is 0 Å². The van der Waals surface area contributed by atoms with Gasteiger partial charge in [-0.2, -0.15) is 0 Å². The molecule has 0 heterocycles. The Kier molecular flexibility index (Phi) is 6.92. The third-order valence-electron chi connectivity index (χ3n) is 2.56. The SMILES string of the molecule is CNCC(=O)NCc1ccc(OCCN(C)C)cc1. The van der Waals surface area contributed by atoms with Gasteiger partial charge in [-0.1, -0.05) is 12.1 Å². The van der Waals surface area contributed by atoms with Crippen LogP contribution in [0.15, 0.2) is 24.3 Å². The Morgan fingerprint density at radius 3 is 2.53 bits per heavy atom. The molecular weight excluding hydrogens is 242 g/mol. The largest absolute Gasteiger partial charge is 0.492 e.